The van der Waals surface area contributed by atoms with E-state index < -0.39 is 11.9 Å². The number of carboxylic acid groups (broad SMARTS) is 1. The number of benzene rings is 1. The Morgan fingerprint density at radius 2 is 1.86 bits per heavy atom. The van der Waals surface area contributed by atoms with E-state index in [1.165, 1.54) is 5.56 Å². The Morgan fingerprint density at radius 3 is 2.33 bits per heavy atom. The Bertz CT molecular complexity index is 525. The monoisotopic (exact) mass is 290 g/mol. The van der Waals surface area contributed by atoms with E-state index in [2.05, 4.69) is 19.2 Å². The molecule has 0 unspecified atom stereocenters. The van der Waals surface area contributed by atoms with E-state index in [-0.39, 0.29) is 18.5 Å². The van der Waals surface area contributed by atoms with Crippen molar-refractivity contribution in [3.63, 3.8) is 0 Å². The molecule has 2 N–H and O–H groups in total. The zero-order valence-corrected chi connectivity index (χ0v) is 12.7. The van der Waals surface area contributed by atoms with E-state index in [9.17, 15) is 9.59 Å². The second-order valence-corrected chi connectivity index (χ2v) is 6.03. The zero-order chi connectivity index (χ0) is 15.6. The van der Waals surface area contributed by atoms with Crippen molar-refractivity contribution in [2.75, 3.05) is 18.4 Å². The Balaban J connectivity index is 1.97. The SMILES string of the molecule is CC(C)c1ccc(NC(=O)N2C[C@@H](C)[C@H](C(=O)O)C2)cc1. The molecule has 2 amide bonds. The lowest BCUT2D eigenvalue weighted by Gasteiger charge is -2.17. The second-order valence-electron chi connectivity index (χ2n) is 6.03. The van der Waals surface area contributed by atoms with E-state index in [4.69, 9.17) is 5.11 Å². The molecule has 2 rings (SSSR count). The molecule has 0 aromatic heterocycles. The van der Waals surface area contributed by atoms with Crippen molar-refractivity contribution in [1.82, 2.24) is 4.90 Å². The van der Waals surface area contributed by atoms with Gasteiger partial charge < -0.3 is 15.3 Å². The van der Waals surface area contributed by atoms with Crippen molar-refractivity contribution in [3.8, 4) is 0 Å². The second kappa shape index (κ2) is 6.16. The molecule has 1 aliphatic heterocycles. The number of carbonyl (C=O) groups excluding carboxylic acids is 1. The molecule has 5 heteroatoms. The highest BCUT2D eigenvalue weighted by atomic mass is 16.4. The molecule has 1 heterocycles. The van der Waals surface area contributed by atoms with Gasteiger partial charge in [-0.25, -0.2) is 4.79 Å². The Hall–Kier alpha value is -2.04. The molecule has 0 saturated carbocycles. The van der Waals surface area contributed by atoms with Crippen LogP contribution in [0.15, 0.2) is 24.3 Å². The van der Waals surface area contributed by atoms with Gasteiger partial charge in [0.2, 0.25) is 0 Å². The van der Waals surface area contributed by atoms with Crippen LogP contribution in [0.5, 0.6) is 0 Å². The lowest BCUT2D eigenvalue weighted by molar-refractivity contribution is -0.142. The number of aliphatic carboxylic acids is 1. The highest BCUT2D eigenvalue weighted by Crippen LogP contribution is 2.24. The van der Waals surface area contributed by atoms with Crippen LogP contribution in [0.1, 0.15) is 32.3 Å². The molecule has 1 fully saturated rings. The summed E-state index contributed by atoms with van der Waals surface area (Å²) in [4.78, 5) is 24.8. The molecule has 1 saturated heterocycles. The molecular weight excluding hydrogens is 268 g/mol. The van der Waals surface area contributed by atoms with Crippen molar-refractivity contribution >= 4 is 17.7 Å². The van der Waals surface area contributed by atoms with Crippen LogP contribution in [-0.2, 0) is 4.79 Å². The number of hydrogen-bond donors (Lipinski definition) is 2. The number of likely N-dealkylation sites (tertiary alicyclic amines) is 1. The van der Waals surface area contributed by atoms with E-state index in [1.54, 1.807) is 4.90 Å². The van der Waals surface area contributed by atoms with Crippen molar-refractivity contribution < 1.29 is 14.7 Å². The normalized spacial score (nSPS) is 21.6. The summed E-state index contributed by atoms with van der Waals surface area (Å²) in [5.41, 5.74) is 1.95. The highest BCUT2D eigenvalue weighted by molar-refractivity contribution is 5.90. The summed E-state index contributed by atoms with van der Waals surface area (Å²) < 4.78 is 0. The summed E-state index contributed by atoms with van der Waals surface area (Å²) in [7, 11) is 0. The molecule has 1 aromatic rings. The highest BCUT2D eigenvalue weighted by Gasteiger charge is 2.36. The molecule has 114 valence electrons. The fraction of sp³-hybridized carbons (Fsp3) is 0.500. The number of nitrogens with one attached hydrogen (secondary N) is 1. The maximum Gasteiger partial charge on any atom is 0.321 e. The van der Waals surface area contributed by atoms with Gasteiger partial charge in [-0.05, 0) is 29.5 Å². The molecule has 1 aliphatic rings. The summed E-state index contributed by atoms with van der Waals surface area (Å²) in [6.07, 6.45) is 0. The van der Waals surface area contributed by atoms with Gasteiger partial charge in [-0.3, -0.25) is 4.79 Å². The van der Waals surface area contributed by atoms with E-state index in [0.717, 1.165) is 5.69 Å². The van der Waals surface area contributed by atoms with Crippen LogP contribution in [0.3, 0.4) is 0 Å². The largest absolute Gasteiger partial charge is 0.481 e. The Labute approximate surface area is 125 Å². The van der Waals surface area contributed by atoms with Gasteiger partial charge in [-0.1, -0.05) is 32.9 Å². The van der Waals surface area contributed by atoms with Crippen molar-refractivity contribution in [2.24, 2.45) is 11.8 Å². The van der Waals surface area contributed by atoms with Gasteiger partial charge in [0.15, 0.2) is 0 Å². The van der Waals surface area contributed by atoms with E-state index in [1.807, 2.05) is 31.2 Å². The standard InChI is InChI=1S/C16H22N2O3/c1-10(2)12-4-6-13(7-5-12)17-16(21)18-8-11(3)14(9-18)15(19)20/h4-7,10-11,14H,8-9H2,1-3H3,(H,17,21)(H,19,20)/t11-,14-/m1/s1. The summed E-state index contributed by atoms with van der Waals surface area (Å²) in [6, 6.07) is 7.51. The van der Waals surface area contributed by atoms with Gasteiger partial charge in [0, 0.05) is 18.8 Å². The molecule has 0 spiro atoms. The number of carboxylic acids is 1. The lowest BCUT2D eigenvalue weighted by Crippen LogP contribution is -2.33. The maximum atomic E-state index is 12.2. The first-order valence-electron chi connectivity index (χ1n) is 7.27. The minimum Gasteiger partial charge on any atom is -0.481 e. The molecule has 0 aliphatic carbocycles. The third-order valence-corrected chi connectivity index (χ3v) is 4.05. The molecule has 1 aromatic carbocycles. The first-order valence-corrected chi connectivity index (χ1v) is 7.27. The Kier molecular flexibility index (Phi) is 4.50. The predicted molar refractivity (Wildman–Crippen MR) is 81.4 cm³/mol. The predicted octanol–water partition coefficient (Wildman–Crippen LogP) is 2.99. The minimum atomic E-state index is -0.834. The number of rotatable bonds is 3. The first-order chi connectivity index (χ1) is 9.88. The number of anilines is 1. The average molecular weight is 290 g/mol. The fourth-order valence-corrected chi connectivity index (χ4v) is 2.61. The summed E-state index contributed by atoms with van der Waals surface area (Å²) in [6.45, 7) is 6.85. The van der Waals surface area contributed by atoms with Crippen molar-refractivity contribution in [1.29, 1.82) is 0 Å². The van der Waals surface area contributed by atoms with Gasteiger partial charge >= 0.3 is 12.0 Å². The van der Waals surface area contributed by atoms with Crippen LogP contribution in [0.4, 0.5) is 10.5 Å². The smallest absolute Gasteiger partial charge is 0.321 e. The van der Waals surface area contributed by atoms with Crippen LogP contribution in [-0.4, -0.2) is 35.1 Å². The van der Waals surface area contributed by atoms with Gasteiger partial charge in [0.25, 0.3) is 0 Å². The number of carbonyl (C=O) groups is 2. The number of urea groups is 1. The van der Waals surface area contributed by atoms with Gasteiger partial charge in [0.1, 0.15) is 0 Å². The van der Waals surface area contributed by atoms with Crippen LogP contribution in [0, 0.1) is 11.8 Å². The maximum absolute atomic E-state index is 12.2. The van der Waals surface area contributed by atoms with Gasteiger partial charge in [0.05, 0.1) is 5.92 Å². The summed E-state index contributed by atoms with van der Waals surface area (Å²) in [5.74, 6) is -0.875. The zero-order valence-electron chi connectivity index (χ0n) is 12.7. The van der Waals surface area contributed by atoms with Gasteiger partial charge in [-0.2, -0.15) is 0 Å². The summed E-state index contributed by atoms with van der Waals surface area (Å²) >= 11 is 0. The molecule has 0 bridgehead atoms. The van der Waals surface area contributed by atoms with Crippen molar-refractivity contribution in [2.45, 2.75) is 26.7 Å². The molecule has 2 atom stereocenters. The topological polar surface area (TPSA) is 69.6 Å². The summed E-state index contributed by atoms with van der Waals surface area (Å²) in [5, 5.41) is 11.9. The van der Waals surface area contributed by atoms with E-state index >= 15 is 0 Å². The van der Waals surface area contributed by atoms with Crippen LogP contribution >= 0.6 is 0 Å². The van der Waals surface area contributed by atoms with Crippen LogP contribution in [0.2, 0.25) is 0 Å². The van der Waals surface area contributed by atoms with Crippen molar-refractivity contribution in [3.05, 3.63) is 29.8 Å². The van der Waals surface area contributed by atoms with Crippen LogP contribution < -0.4 is 5.32 Å². The van der Waals surface area contributed by atoms with Gasteiger partial charge in [-0.15, -0.1) is 0 Å². The third-order valence-electron chi connectivity index (χ3n) is 4.05. The number of amides is 2. The molecular formula is C16H22N2O3. The molecule has 5 nitrogen and oxygen atoms in total. The Morgan fingerprint density at radius 1 is 1.24 bits per heavy atom. The van der Waals surface area contributed by atoms with E-state index in [0.29, 0.717) is 12.5 Å². The first kappa shape index (κ1) is 15.4. The number of hydrogen-bond acceptors (Lipinski definition) is 2. The number of nitrogens with zero attached hydrogens (tertiary/aromatic N) is 1. The minimum absolute atomic E-state index is 0.0171. The third kappa shape index (κ3) is 3.54. The molecule has 0 radical (unpaired) electrons. The lowest BCUT2D eigenvalue weighted by atomic mass is 9.99. The van der Waals surface area contributed by atoms with Crippen LogP contribution in [0.25, 0.3) is 0 Å². The quantitative estimate of drug-likeness (QED) is 0.899. The average Bonchev–Trinajstić information content (AvgIpc) is 2.81. The fourth-order valence-electron chi connectivity index (χ4n) is 2.61. The molecule has 21 heavy (non-hydrogen) atoms.